The lowest BCUT2D eigenvalue weighted by Gasteiger charge is -2.20. The second-order valence-corrected chi connectivity index (χ2v) is 6.29. The van der Waals surface area contributed by atoms with Gasteiger partial charge < -0.3 is 5.32 Å². The fourth-order valence-electron chi connectivity index (χ4n) is 3.18. The van der Waals surface area contributed by atoms with E-state index in [2.05, 4.69) is 15.4 Å². The summed E-state index contributed by atoms with van der Waals surface area (Å²) in [6.07, 6.45) is 11.4. The third kappa shape index (κ3) is 4.91. The maximum absolute atomic E-state index is 12.1. The Morgan fingerprint density at radius 3 is 2.87 bits per heavy atom. The van der Waals surface area contributed by atoms with E-state index in [1.165, 1.54) is 32.1 Å². The monoisotopic (exact) mass is 312 g/mol. The number of carbonyl (C=O) groups excluding carboxylic acids is 1. The van der Waals surface area contributed by atoms with Crippen molar-refractivity contribution in [2.24, 2.45) is 5.92 Å². The Morgan fingerprint density at radius 2 is 2.09 bits per heavy atom. The Morgan fingerprint density at radius 1 is 1.22 bits per heavy atom. The number of nitrogens with zero attached hydrogens (tertiary/aromatic N) is 3. The van der Waals surface area contributed by atoms with Crippen molar-refractivity contribution >= 4 is 11.7 Å². The molecule has 0 aliphatic heterocycles. The van der Waals surface area contributed by atoms with Gasteiger partial charge in [-0.2, -0.15) is 5.10 Å². The average Bonchev–Trinajstić information content (AvgIpc) is 3.02. The first-order chi connectivity index (χ1) is 11.3. The number of anilines is 1. The Labute approximate surface area is 137 Å². The van der Waals surface area contributed by atoms with E-state index in [1.807, 2.05) is 35.1 Å². The number of hydrogen-bond acceptors (Lipinski definition) is 3. The SMILES string of the molecule is O=C(CC1CCCCC1)Nc1ccn(CCc2ccccn2)n1. The molecule has 0 saturated heterocycles. The van der Waals surface area contributed by atoms with Gasteiger partial charge in [0.05, 0.1) is 0 Å². The van der Waals surface area contributed by atoms with Crippen molar-refractivity contribution in [1.29, 1.82) is 0 Å². The molecule has 2 heterocycles. The van der Waals surface area contributed by atoms with Crippen molar-refractivity contribution in [3.8, 4) is 0 Å². The van der Waals surface area contributed by atoms with Gasteiger partial charge >= 0.3 is 0 Å². The second-order valence-electron chi connectivity index (χ2n) is 6.29. The second kappa shape index (κ2) is 7.90. The van der Waals surface area contributed by atoms with Crippen LogP contribution in [0.4, 0.5) is 5.82 Å². The molecule has 5 heteroatoms. The summed E-state index contributed by atoms with van der Waals surface area (Å²) < 4.78 is 1.85. The van der Waals surface area contributed by atoms with Crippen LogP contribution >= 0.6 is 0 Å². The summed E-state index contributed by atoms with van der Waals surface area (Å²) in [5.74, 6) is 1.29. The minimum absolute atomic E-state index is 0.0897. The summed E-state index contributed by atoms with van der Waals surface area (Å²) in [7, 11) is 0. The van der Waals surface area contributed by atoms with Gasteiger partial charge in [0.2, 0.25) is 5.91 Å². The number of nitrogens with one attached hydrogen (secondary N) is 1. The number of rotatable bonds is 6. The maximum atomic E-state index is 12.1. The number of amides is 1. The van der Waals surface area contributed by atoms with Crippen molar-refractivity contribution in [2.45, 2.75) is 51.5 Å². The predicted molar refractivity (Wildman–Crippen MR) is 90.0 cm³/mol. The first kappa shape index (κ1) is 15.7. The number of aryl methyl sites for hydroxylation is 2. The van der Waals surface area contributed by atoms with Crippen molar-refractivity contribution < 1.29 is 4.79 Å². The number of hydrogen-bond donors (Lipinski definition) is 1. The van der Waals surface area contributed by atoms with Crippen LogP contribution in [0.15, 0.2) is 36.7 Å². The van der Waals surface area contributed by atoms with Gasteiger partial charge in [0, 0.05) is 43.5 Å². The largest absolute Gasteiger partial charge is 0.309 e. The molecule has 0 bridgehead atoms. The summed E-state index contributed by atoms with van der Waals surface area (Å²) in [5.41, 5.74) is 1.05. The molecule has 2 aromatic rings. The van der Waals surface area contributed by atoms with Crippen LogP contribution < -0.4 is 5.32 Å². The van der Waals surface area contributed by atoms with Crippen LogP contribution in [0, 0.1) is 5.92 Å². The van der Waals surface area contributed by atoms with E-state index in [9.17, 15) is 4.79 Å². The van der Waals surface area contributed by atoms with Gasteiger partial charge in [0.15, 0.2) is 5.82 Å². The molecule has 1 amide bonds. The molecule has 0 unspecified atom stereocenters. The molecular weight excluding hydrogens is 288 g/mol. The molecule has 1 fully saturated rings. The zero-order chi connectivity index (χ0) is 15.9. The molecule has 0 radical (unpaired) electrons. The fourth-order valence-corrected chi connectivity index (χ4v) is 3.18. The first-order valence-corrected chi connectivity index (χ1v) is 8.53. The van der Waals surface area contributed by atoms with Gasteiger partial charge in [0.25, 0.3) is 0 Å². The number of pyridine rings is 1. The molecule has 0 atom stereocenters. The van der Waals surface area contributed by atoms with Crippen LogP contribution in [0.2, 0.25) is 0 Å². The zero-order valence-corrected chi connectivity index (χ0v) is 13.4. The first-order valence-electron chi connectivity index (χ1n) is 8.53. The normalized spacial score (nSPS) is 15.5. The van der Waals surface area contributed by atoms with E-state index in [1.54, 1.807) is 6.20 Å². The quantitative estimate of drug-likeness (QED) is 0.889. The minimum atomic E-state index is 0.0897. The predicted octanol–water partition coefficient (Wildman–Crippen LogP) is 3.43. The molecule has 5 nitrogen and oxygen atoms in total. The Hall–Kier alpha value is -2.17. The summed E-state index contributed by atoms with van der Waals surface area (Å²) in [5, 5.41) is 7.34. The van der Waals surface area contributed by atoms with Gasteiger partial charge in [-0.3, -0.25) is 14.5 Å². The van der Waals surface area contributed by atoms with Crippen LogP contribution in [0.1, 0.15) is 44.2 Å². The topological polar surface area (TPSA) is 59.8 Å². The van der Waals surface area contributed by atoms with Crippen molar-refractivity contribution in [3.05, 3.63) is 42.4 Å². The Kier molecular flexibility index (Phi) is 5.40. The highest BCUT2D eigenvalue weighted by molar-refractivity contribution is 5.89. The Bertz CT molecular complexity index is 617. The van der Waals surface area contributed by atoms with Gasteiger partial charge in [-0.05, 0) is 30.9 Å². The van der Waals surface area contributed by atoms with Gasteiger partial charge in [0.1, 0.15) is 0 Å². The van der Waals surface area contributed by atoms with Crippen LogP contribution in [0.25, 0.3) is 0 Å². The van der Waals surface area contributed by atoms with Crippen LogP contribution in [0.3, 0.4) is 0 Å². The van der Waals surface area contributed by atoms with Crippen LogP contribution in [-0.4, -0.2) is 20.7 Å². The third-order valence-electron chi connectivity index (χ3n) is 4.43. The van der Waals surface area contributed by atoms with E-state index in [4.69, 9.17) is 0 Å². The molecule has 122 valence electrons. The molecular formula is C18H24N4O. The fraction of sp³-hybridized carbons (Fsp3) is 0.500. The molecule has 1 aliphatic rings. The van der Waals surface area contributed by atoms with Crippen LogP contribution in [-0.2, 0) is 17.8 Å². The highest BCUT2D eigenvalue weighted by Crippen LogP contribution is 2.26. The van der Waals surface area contributed by atoms with E-state index in [0.717, 1.165) is 18.7 Å². The summed E-state index contributed by atoms with van der Waals surface area (Å²) in [6.45, 7) is 0.759. The lowest BCUT2D eigenvalue weighted by molar-refractivity contribution is -0.117. The highest BCUT2D eigenvalue weighted by Gasteiger charge is 2.17. The molecule has 23 heavy (non-hydrogen) atoms. The standard InChI is InChI=1S/C18H24N4O/c23-18(14-15-6-2-1-3-7-15)20-17-10-13-22(21-17)12-9-16-8-4-5-11-19-16/h4-5,8,10-11,13,15H,1-3,6-7,9,12,14H2,(H,20,21,23). The molecule has 1 aliphatic carbocycles. The third-order valence-corrected chi connectivity index (χ3v) is 4.43. The lowest BCUT2D eigenvalue weighted by atomic mass is 9.87. The van der Waals surface area contributed by atoms with Gasteiger partial charge in [-0.25, -0.2) is 0 Å². The zero-order valence-electron chi connectivity index (χ0n) is 13.4. The molecule has 3 rings (SSSR count). The minimum Gasteiger partial charge on any atom is -0.309 e. The van der Waals surface area contributed by atoms with Crippen molar-refractivity contribution in [1.82, 2.24) is 14.8 Å². The number of carbonyl (C=O) groups is 1. The molecule has 0 spiro atoms. The Balaban J connectivity index is 1.45. The lowest BCUT2D eigenvalue weighted by Crippen LogP contribution is -2.18. The van der Waals surface area contributed by atoms with E-state index in [-0.39, 0.29) is 5.91 Å². The average molecular weight is 312 g/mol. The molecule has 2 aromatic heterocycles. The summed E-state index contributed by atoms with van der Waals surface area (Å²) in [4.78, 5) is 16.4. The van der Waals surface area contributed by atoms with Gasteiger partial charge in [-0.15, -0.1) is 0 Å². The smallest absolute Gasteiger partial charge is 0.225 e. The molecule has 1 saturated carbocycles. The molecule has 1 N–H and O–H groups in total. The maximum Gasteiger partial charge on any atom is 0.225 e. The number of aromatic nitrogens is 3. The van der Waals surface area contributed by atoms with E-state index >= 15 is 0 Å². The molecule has 0 aromatic carbocycles. The summed E-state index contributed by atoms with van der Waals surface area (Å²) in [6, 6.07) is 7.77. The van der Waals surface area contributed by atoms with Crippen LogP contribution in [0.5, 0.6) is 0 Å². The van der Waals surface area contributed by atoms with Crippen molar-refractivity contribution in [2.75, 3.05) is 5.32 Å². The highest BCUT2D eigenvalue weighted by atomic mass is 16.1. The van der Waals surface area contributed by atoms with E-state index < -0.39 is 0 Å². The van der Waals surface area contributed by atoms with Gasteiger partial charge in [-0.1, -0.05) is 25.3 Å². The van der Waals surface area contributed by atoms with Crippen molar-refractivity contribution in [3.63, 3.8) is 0 Å². The van der Waals surface area contributed by atoms with E-state index in [0.29, 0.717) is 18.2 Å². The summed E-state index contributed by atoms with van der Waals surface area (Å²) >= 11 is 0.